The Hall–Kier alpha value is -2.17. The Morgan fingerprint density at radius 1 is 1.45 bits per heavy atom. The molecule has 5 heteroatoms. The van der Waals surface area contributed by atoms with Gasteiger partial charge in [-0.3, -0.25) is 9.59 Å². The minimum atomic E-state index is -0.0706. The zero-order valence-electron chi connectivity index (χ0n) is 11.4. The molecule has 104 valence electrons. The summed E-state index contributed by atoms with van der Waals surface area (Å²) in [6.45, 7) is 1.50. The molecule has 1 aromatic carbocycles. The molecular formula is C15H17N3O2. The van der Waals surface area contributed by atoms with Crippen LogP contribution in [-0.2, 0) is 16.0 Å². The Morgan fingerprint density at radius 3 is 3.10 bits per heavy atom. The van der Waals surface area contributed by atoms with E-state index in [-0.39, 0.29) is 17.7 Å². The highest BCUT2D eigenvalue weighted by molar-refractivity contribution is 6.07. The fraction of sp³-hybridized carbons (Fsp3) is 0.400. The van der Waals surface area contributed by atoms with Gasteiger partial charge in [-0.15, -0.1) is 0 Å². The average molecular weight is 271 g/mol. The predicted octanol–water partition coefficient (Wildman–Crippen LogP) is 1.82. The van der Waals surface area contributed by atoms with Crippen LogP contribution >= 0.6 is 0 Å². The Bertz CT molecular complexity index is 607. The summed E-state index contributed by atoms with van der Waals surface area (Å²) in [6.07, 6.45) is 3.49. The van der Waals surface area contributed by atoms with Crippen LogP contribution in [0.25, 0.3) is 0 Å². The molecule has 1 aromatic rings. The molecule has 0 spiro atoms. The molecule has 0 fully saturated rings. The van der Waals surface area contributed by atoms with Crippen molar-refractivity contribution in [3.05, 3.63) is 29.3 Å². The molecule has 0 aromatic heterocycles. The number of nitrogens with one attached hydrogen (secondary N) is 2. The van der Waals surface area contributed by atoms with E-state index in [1.807, 2.05) is 18.2 Å². The van der Waals surface area contributed by atoms with E-state index in [4.69, 9.17) is 0 Å². The standard InChI is InChI=1S/C15H17N3O2/c1-9(19)16-12-5-6-13-10(7-12)3-2-4-11-8-14(20)17-18-15(11)13/h5-7,11H,2-4,8H2,1H3,(H,16,19)(H,17,20). The number of hydrogen-bond donors (Lipinski definition) is 2. The molecule has 5 nitrogen and oxygen atoms in total. The predicted molar refractivity (Wildman–Crippen MR) is 76.5 cm³/mol. The smallest absolute Gasteiger partial charge is 0.240 e. The SMILES string of the molecule is CC(=O)Nc1ccc2c(c1)CCCC1CC(=O)NN=C21. The summed E-state index contributed by atoms with van der Waals surface area (Å²) in [4.78, 5) is 22.6. The summed E-state index contributed by atoms with van der Waals surface area (Å²) in [6, 6.07) is 5.90. The van der Waals surface area contributed by atoms with Gasteiger partial charge < -0.3 is 5.32 Å². The molecule has 2 N–H and O–H groups in total. The number of nitrogens with zero attached hydrogens (tertiary/aromatic N) is 1. The summed E-state index contributed by atoms with van der Waals surface area (Å²) in [5, 5.41) is 7.06. The summed E-state index contributed by atoms with van der Waals surface area (Å²) in [5.41, 5.74) is 6.66. The average Bonchev–Trinajstić information content (AvgIpc) is 2.56. The minimum absolute atomic E-state index is 0.00272. The Labute approximate surface area is 117 Å². The Morgan fingerprint density at radius 2 is 2.30 bits per heavy atom. The molecule has 0 saturated carbocycles. The quantitative estimate of drug-likeness (QED) is 0.818. The van der Waals surface area contributed by atoms with E-state index in [0.717, 1.165) is 36.2 Å². The van der Waals surface area contributed by atoms with Gasteiger partial charge in [0.15, 0.2) is 0 Å². The molecule has 1 heterocycles. The highest BCUT2D eigenvalue weighted by Crippen LogP contribution is 2.30. The van der Waals surface area contributed by atoms with Crippen LogP contribution in [0.2, 0.25) is 0 Å². The summed E-state index contributed by atoms with van der Waals surface area (Å²) in [7, 11) is 0. The van der Waals surface area contributed by atoms with Gasteiger partial charge in [0.1, 0.15) is 0 Å². The fourth-order valence-electron chi connectivity index (χ4n) is 2.97. The molecule has 1 atom stereocenters. The number of aryl methyl sites for hydroxylation is 1. The topological polar surface area (TPSA) is 70.6 Å². The lowest BCUT2D eigenvalue weighted by molar-refractivity contribution is -0.122. The van der Waals surface area contributed by atoms with E-state index in [0.29, 0.717) is 6.42 Å². The van der Waals surface area contributed by atoms with E-state index < -0.39 is 0 Å². The van der Waals surface area contributed by atoms with Gasteiger partial charge in [-0.1, -0.05) is 6.07 Å². The van der Waals surface area contributed by atoms with Crippen LogP contribution in [0.5, 0.6) is 0 Å². The number of carbonyl (C=O) groups excluding carboxylic acids is 2. The van der Waals surface area contributed by atoms with Crippen LogP contribution in [0, 0.1) is 5.92 Å². The van der Waals surface area contributed by atoms with E-state index in [2.05, 4.69) is 15.8 Å². The summed E-state index contributed by atoms with van der Waals surface area (Å²) >= 11 is 0. The van der Waals surface area contributed by atoms with E-state index in [1.54, 1.807) is 0 Å². The second-order valence-corrected chi connectivity index (χ2v) is 5.38. The van der Waals surface area contributed by atoms with Crippen molar-refractivity contribution in [2.45, 2.75) is 32.6 Å². The lowest BCUT2D eigenvalue weighted by atomic mass is 9.90. The van der Waals surface area contributed by atoms with Gasteiger partial charge in [0.05, 0.1) is 5.71 Å². The third-order valence-corrected chi connectivity index (χ3v) is 3.82. The number of fused-ring (bicyclic) bond motifs is 3. The summed E-state index contributed by atoms with van der Waals surface area (Å²) in [5.74, 6) is 0.146. The first-order chi connectivity index (χ1) is 9.63. The molecule has 2 aliphatic rings. The van der Waals surface area contributed by atoms with Crippen molar-refractivity contribution in [3.63, 3.8) is 0 Å². The maximum absolute atomic E-state index is 11.5. The van der Waals surface area contributed by atoms with Gasteiger partial charge in [-0.05, 0) is 37.0 Å². The Kier molecular flexibility index (Phi) is 3.26. The molecule has 2 amide bonds. The lowest BCUT2D eigenvalue weighted by Gasteiger charge is -2.21. The monoisotopic (exact) mass is 271 g/mol. The van der Waals surface area contributed by atoms with E-state index >= 15 is 0 Å². The first kappa shape index (κ1) is 12.8. The van der Waals surface area contributed by atoms with Crippen molar-refractivity contribution >= 4 is 23.2 Å². The number of anilines is 1. The third-order valence-electron chi connectivity index (χ3n) is 3.82. The number of rotatable bonds is 1. The maximum atomic E-state index is 11.5. The number of hydrogen-bond acceptors (Lipinski definition) is 3. The number of benzene rings is 1. The van der Waals surface area contributed by atoms with Crippen molar-refractivity contribution in [1.82, 2.24) is 5.43 Å². The van der Waals surface area contributed by atoms with E-state index in [1.165, 1.54) is 12.5 Å². The molecule has 1 aliphatic heterocycles. The normalized spacial score (nSPS) is 20.9. The Balaban J connectivity index is 1.99. The van der Waals surface area contributed by atoms with Crippen LogP contribution in [0.3, 0.4) is 0 Å². The number of carbonyl (C=O) groups is 2. The fourth-order valence-corrected chi connectivity index (χ4v) is 2.97. The molecule has 20 heavy (non-hydrogen) atoms. The molecule has 0 radical (unpaired) electrons. The van der Waals surface area contributed by atoms with Crippen LogP contribution in [0.1, 0.15) is 37.3 Å². The molecule has 1 aliphatic carbocycles. The van der Waals surface area contributed by atoms with Crippen LogP contribution < -0.4 is 10.7 Å². The van der Waals surface area contributed by atoms with Gasteiger partial charge in [-0.2, -0.15) is 5.10 Å². The zero-order valence-corrected chi connectivity index (χ0v) is 11.4. The summed E-state index contributed by atoms with van der Waals surface area (Å²) < 4.78 is 0. The maximum Gasteiger partial charge on any atom is 0.240 e. The van der Waals surface area contributed by atoms with Crippen LogP contribution in [0.15, 0.2) is 23.3 Å². The van der Waals surface area contributed by atoms with Crippen molar-refractivity contribution in [2.75, 3.05) is 5.32 Å². The molecule has 1 unspecified atom stereocenters. The van der Waals surface area contributed by atoms with Gasteiger partial charge in [0, 0.05) is 30.5 Å². The third kappa shape index (κ3) is 2.43. The highest BCUT2D eigenvalue weighted by atomic mass is 16.2. The molecule has 0 saturated heterocycles. The molecular weight excluding hydrogens is 254 g/mol. The van der Waals surface area contributed by atoms with Gasteiger partial charge >= 0.3 is 0 Å². The minimum Gasteiger partial charge on any atom is -0.326 e. The second-order valence-electron chi connectivity index (χ2n) is 5.38. The molecule has 0 bridgehead atoms. The van der Waals surface area contributed by atoms with Crippen LogP contribution in [-0.4, -0.2) is 17.5 Å². The first-order valence-electron chi connectivity index (χ1n) is 6.91. The first-order valence-corrected chi connectivity index (χ1v) is 6.91. The van der Waals surface area contributed by atoms with Crippen molar-refractivity contribution < 1.29 is 9.59 Å². The number of hydrazone groups is 1. The van der Waals surface area contributed by atoms with Gasteiger partial charge in [-0.25, -0.2) is 5.43 Å². The lowest BCUT2D eigenvalue weighted by Crippen LogP contribution is -2.33. The second kappa shape index (κ2) is 5.07. The highest BCUT2D eigenvalue weighted by Gasteiger charge is 2.28. The van der Waals surface area contributed by atoms with Gasteiger partial charge in [0.2, 0.25) is 11.8 Å². The van der Waals surface area contributed by atoms with Crippen molar-refractivity contribution in [1.29, 1.82) is 0 Å². The van der Waals surface area contributed by atoms with Crippen molar-refractivity contribution in [2.24, 2.45) is 11.0 Å². The molecule has 3 rings (SSSR count). The number of amides is 2. The van der Waals surface area contributed by atoms with E-state index in [9.17, 15) is 9.59 Å². The van der Waals surface area contributed by atoms with Crippen molar-refractivity contribution in [3.8, 4) is 0 Å². The largest absolute Gasteiger partial charge is 0.326 e. The van der Waals surface area contributed by atoms with Gasteiger partial charge in [0.25, 0.3) is 0 Å². The zero-order chi connectivity index (χ0) is 14.1. The van der Waals surface area contributed by atoms with Crippen LogP contribution in [0.4, 0.5) is 5.69 Å².